The Kier molecular flexibility index (Phi) is 6.92. The van der Waals surface area contributed by atoms with Crippen molar-refractivity contribution in [2.75, 3.05) is 23.5 Å². The quantitative estimate of drug-likeness (QED) is 0.358. The number of nitrogens with zero attached hydrogens (tertiary/aromatic N) is 5. The molecule has 0 bridgehead atoms. The summed E-state index contributed by atoms with van der Waals surface area (Å²) >= 11 is 1.21. The standard InChI is InChI=1S/C23H25N7O4S/c1-28-16-10-9-14(11-17(16)29(2)23(28)33)24-21(32)13-35-22-27-26-19(30(22)3)12-20(31)25-15-7-5-6-8-18(15)34-4/h5-11H,12-13H2,1-4H3,(H,24,32)(H,25,31). The highest BCUT2D eigenvalue weighted by Gasteiger charge is 2.16. The maximum atomic E-state index is 12.5. The van der Waals surface area contributed by atoms with Gasteiger partial charge in [-0.15, -0.1) is 10.2 Å². The van der Waals surface area contributed by atoms with E-state index in [1.807, 2.05) is 6.07 Å². The van der Waals surface area contributed by atoms with E-state index in [4.69, 9.17) is 4.74 Å². The van der Waals surface area contributed by atoms with E-state index in [1.54, 1.807) is 66.7 Å². The van der Waals surface area contributed by atoms with Crippen molar-refractivity contribution in [3.05, 3.63) is 58.8 Å². The number of hydrogen-bond acceptors (Lipinski definition) is 7. The number of aromatic nitrogens is 5. The molecule has 2 amide bonds. The smallest absolute Gasteiger partial charge is 0.328 e. The van der Waals surface area contributed by atoms with Crippen molar-refractivity contribution >= 4 is 46.0 Å². The molecule has 0 aliphatic carbocycles. The fourth-order valence-electron chi connectivity index (χ4n) is 3.62. The molecule has 0 saturated heterocycles. The van der Waals surface area contributed by atoms with Crippen molar-refractivity contribution in [2.45, 2.75) is 11.6 Å². The topological polar surface area (TPSA) is 125 Å². The van der Waals surface area contributed by atoms with E-state index in [2.05, 4.69) is 20.8 Å². The predicted molar refractivity (Wildman–Crippen MR) is 134 cm³/mol. The monoisotopic (exact) mass is 495 g/mol. The van der Waals surface area contributed by atoms with Crippen LogP contribution in [0.2, 0.25) is 0 Å². The lowest BCUT2D eigenvalue weighted by Gasteiger charge is -2.09. The van der Waals surface area contributed by atoms with Gasteiger partial charge < -0.3 is 19.9 Å². The third-order valence-corrected chi connectivity index (χ3v) is 6.53. The lowest BCUT2D eigenvalue weighted by atomic mass is 10.2. The van der Waals surface area contributed by atoms with Gasteiger partial charge in [0.15, 0.2) is 5.16 Å². The zero-order valence-electron chi connectivity index (χ0n) is 19.7. The van der Waals surface area contributed by atoms with Gasteiger partial charge in [0.1, 0.15) is 11.6 Å². The summed E-state index contributed by atoms with van der Waals surface area (Å²) in [7, 11) is 6.68. The molecule has 2 heterocycles. The van der Waals surface area contributed by atoms with Gasteiger partial charge >= 0.3 is 5.69 Å². The molecule has 182 valence electrons. The van der Waals surface area contributed by atoms with Crippen molar-refractivity contribution in [3.63, 3.8) is 0 Å². The van der Waals surface area contributed by atoms with Gasteiger partial charge in [-0.3, -0.25) is 18.7 Å². The molecule has 0 aliphatic rings. The van der Waals surface area contributed by atoms with Gasteiger partial charge in [-0.05, 0) is 30.3 Å². The van der Waals surface area contributed by atoms with Crippen LogP contribution in [0, 0.1) is 0 Å². The zero-order valence-corrected chi connectivity index (χ0v) is 20.5. The zero-order chi connectivity index (χ0) is 25.1. The van der Waals surface area contributed by atoms with E-state index >= 15 is 0 Å². The number of thioether (sulfide) groups is 1. The minimum absolute atomic E-state index is 0.0180. The number of benzene rings is 2. The van der Waals surface area contributed by atoms with Crippen LogP contribution in [0.4, 0.5) is 11.4 Å². The van der Waals surface area contributed by atoms with E-state index < -0.39 is 0 Å². The number of methoxy groups -OCH3 is 1. The molecule has 0 spiro atoms. The molecule has 0 unspecified atom stereocenters. The molecule has 4 aromatic rings. The molecule has 0 saturated carbocycles. The second-order valence-electron chi connectivity index (χ2n) is 7.82. The number of hydrogen-bond donors (Lipinski definition) is 2. The van der Waals surface area contributed by atoms with Gasteiger partial charge in [0.25, 0.3) is 0 Å². The molecule has 0 radical (unpaired) electrons. The first kappa shape index (κ1) is 24.1. The Morgan fingerprint density at radius 2 is 1.69 bits per heavy atom. The molecule has 0 fully saturated rings. The van der Waals surface area contributed by atoms with Crippen LogP contribution in [-0.2, 0) is 37.2 Å². The molecule has 2 aromatic carbocycles. The average Bonchev–Trinajstić information content (AvgIpc) is 3.29. The van der Waals surface area contributed by atoms with E-state index in [0.717, 1.165) is 11.0 Å². The van der Waals surface area contributed by atoms with E-state index in [1.165, 1.54) is 23.4 Å². The predicted octanol–water partition coefficient (Wildman–Crippen LogP) is 1.93. The fraction of sp³-hybridized carbons (Fsp3) is 0.261. The second kappa shape index (κ2) is 10.1. The Labute approximate surface area is 205 Å². The fourth-order valence-corrected chi connectivity index (χ4v) is 4.35. The second-order valence-corrected chi connectivity index (χ2v) is 8.77. The molecular weight excluding hydrogens is 470 g/mol. The molecule has 35 heavy (non-hydrogen) atoms. The van der Waals surface area contributed by atoms with Crippen LogP contribution in [0.5, 0.6) is 5.75 Å². The molecule has 2 aromatic heterocycles. The lowest BCUT2D eigenvalue weighted by molar-refractivity contribution is -0.116. The summed E-state index contributed by atoms with van der Waals surface area (Å²) in [5.41, 5.74) is 2.55. The van der Waals surface area contributed by atoms with Crippen LogP contribution < -0.4 is 21.1 Å². The number of nitrogens with one attached hydrogen (secondary N) is 2. The number of imidazole rings is 1. The largest absolute Gasteiger partial charge is 0.495 e. The van der Waals surface area contributed by atoms with Gasteiger partial charge in [0.2, 0.25) is 11.8 Å². The number of para-hydroxylation sites is 2. The van der Waals surface area contributed by atoms with Gasteiger partial charge in [-0.25, -0.2) is 4.79 Å². The number of ether oxygens (including phenoxy) is 1. The molecule has 4 rings (SSSR count). The van der Waals surface area contributed by atoms with Crippen molar-refractivity contribution < 1.29 is 14.3 Å². The summed E-state index contributed by atoms with van der Waals surface area (Å²) in [4.78, 5) is 37.1. The minimum Gasteiger partial charge on any atom is -0.495 e. The Morgan fingerprint density at radius 3 is 2.46 bits per heavy atom. The third-order valence-electron chi connectivity index (χ3n) is 5.51. The first-order chi connectivity index (χ1) is 16.8. The summed E-state index contributed by atoms with van der Waals surface area (Å²) < 4.78 is 10.0. The highest BCUT2D eigenvalue weighted by Crippen LogP contribution is 2.23. The van der Waals surface area contributed by atoms with Crippen LogP contribution in [0.25, 0.3) is 11.0 Å². The molecule has 11 nitrogen and oxygen atoms in total. The summed E-state index contributed by atoms with van der Waals surface area (Å²) in [6, 6.07) is 12.5. The van der Waals surface area contributed by atoms with Crippen LogP contribution in [0.1, 0.15) is 5.82 Å². The van der Waals surface area contributed by atoms with Crippen LogP contribution in [-0.4, -0.2) is 48.6 Å². The normalized spacial score (nSPS) is 11.0. The highest BCUT2D eigenvalue weighted by molar-refractivity contribution is 7.99. The summed E-state index contributed by atoms with van der Waals surface area (Å²) in [6.45, 7) is 0. The molecule has 0 aliphatic heterocycles. The van der Waals surface area contributed by atoms with Crippen LogP contribution in [0.3, 0.4) is 0 Å². The minimum atomic E-state index is -0.259. The molecule has 2 N–H and O–H groups in total. The van der Waals surface area contributed by atoms with Crippen molar-refractivity contribution in [3.8, 4) is 5.75 Å². The number of fused-ring (bicyclic) bond motifs is 1. The number of anilines is 2. The molecular formula is C23H25N7O4S. The number of carbonyl (C=O) groups is 2. The van der Waals surface area contributed by atoms with Crippen molar-refractivity contribution in [1.82, 2.24) is 23.9 Å². The number of carbonyl (C=O) groups excluding carboxylic acids is 2. The third kappa shape index (κ3) is 5.06. The maximum Gasteiger partial charge on any atom is 0.328 e. The highest BCUT2D eigenvalue weighted by atomic mass is 32.2. The first-order valence-electron chi connectivity index (χ1n) is 10.7. The number of rotatable bonds is 8. The summed E-state index contributed by atoms with van der Waals surface area (Å²) in [6.07, 6.45) is 0.0180. The SMILES string of the molecule is COc1ccccc1NC(=O)Cc1nnc(SCC(=O)Nc2ccc3c(c2)n(C)c(=O)n3C)n1C. The van der Waals surface area contributed by atoms with Gasteiger partial charge in [0.05, 0.1) is 36.0 Å². The van der Waals surface area contributed by atoms with Crippen LogP contribution >= 0.6 is 11.8 Å². The Morgan fingerprint density at radius 1 is 0.943 bits per heavy atom. The van der Waals surface area contributed by atoms with E-state index in [9.17, 15) is 14.4 Å². The Balaban J connectivity index is 1.35. The maximum absolute atomic E-state index is 12.5. The Hall–Kier alpha value is -4.06. The number of aryl methyl sites for hydroxylation is 2. The summed E-state index contributed by atoms with van der Waals surface area (Å²) in [5.74, 6) is 0.648. The van der Waals surface area contributed by atoms with Gasteiger partial charge in [-0.1, -0.05) is 23.9 Å². The van der Waals surface area contributed by atoms with Gasteiger partial charge in [0, 0.05) is 26.8 Å². The first-order valence-corrected chi connectivity index (χ1v) is 11.7. The van der Waals surface area contributed by atoms with Crippen molar-refractivity contribution in [1.29, 1.82) is 0 Å². The van der Waals surface area contributed by atoms with Gasteiger partial charge in [-0.2, -0.15) is 0 Å². The number of amides is 2. The molecule has 12 heteroatoms. The van der Waals surface area contributed by atoms with Crippen LogP contribution in [0.15, 0.2) is 52.4 Å². The summed E-state index contributed by atoms with van der Waals surface area (Å²) in [5, 5.41) is 14.4. The average molecular weight is 496 g/mol. The Bertz CT molecular complexity index is 1470. The van der Waals surface area contributed by atoms with E-state index in [0.29, 0.717) is 28.1 Å². The van der Waals surface area contributed by atoms with E-state index in [-0.39, 0.29) is 29.7 Å². The molecule has 0 atom stereocenters. The van der Waals surface area contributed by atoms with Crippen molar-refractivity contribution in [2.24, 2.45) is 21.1 Å². The lowest BCUT2D eigenvalue weighted by Crippen LogP contribution is -2.19.